The van der Waals surface area contributed by atoms with Gasteiger partial charge in [-0.2, -0.15) is 0 Å². The molecule has 0 aromatic heterocycles. The van der Waals surface area contributed by atoms with Crippen LogP contribution in [0.15, 0.2) is 0 Å². The van der Waals surface area contributed by atoms with Crippen molar-refractivity contribution in [3.05, 3.63) is 0 Å². The summed E-state index contributed by atoms with van der Waals surface area (Å²) in [5, 5.41) is 0. The number of rotatable bonds is 0. The molecule has 0 aromatic rings. The van der Waals surface area contributed by atoms with Crippen molar-refractivity contribution in [1.29, 1.82) is 0 Å². The molecule has 0 aliphatic carbocycles. The Morgan fingerprint density at radius 1 is 0.600 bits per heavy atom. The van der Waals surface area contributed by atoms with Gasteiger partial charge in [0.05, 0.1) is 0 Å². The van der Waals surface area contributed by atoms with Gasteiger partial charge >= 0.3 is 0 Å². The number of halogens is 2. The second-order valence-corrected chi connectivity index (χ2v) is 0. The van der Waals surface area contributed by atoms with E-state index >= 15 is 0 Å². The van der Waals surface area contributed by atoms with Gasteiger partial charge in [0.1, 0.15) is 0 Å². The summed E-state index contributed by atoms with van der Waals surface area (Å²) in [6, 6.07) is 0. The maximum absolute atomic E-state index is 0. The number of hydrogen-bond acceptors (Lipinski definition) is 0. The number of hydrogen-bond donors (Lipinski definition) is 0. The van der Waals surface area contributed by atoms with Crippen molar-refractivity contribution in [1.82, 2.24) is 0 Å². The van der Waals surface area contributed by atoms with E-state index in [4.69, 9.17) is 0 Å². The zero-order valence-corrected chi connectivity index (χ0v) is 5.93. The molecule has 0 heterocycles. The topological polar surface area (TPSA) is 63.0 Å². The van der Waals surface area contributed by atoms with Gasteiger partial charge < -0.3 is 20.4 Å². The Kier molecular flexibility index (Phi) is 4640. The molecule has 0 amide bonds. The first kappa shape index (κ1) is 212. The Morgan fingerprint density at radius 3 is 0.600 bits per heavy atom. The molecule has 1 radical (unpaired) electrons. The molecule has 0 rings (SSSR count). The maximum Gasteiger partial charge on any atom is 0 e. The van der Waals surface area contributed by atoms with Gasteiger partial charge in [-0.3, -0.25) is 0 Å². The molecule has 5 heteroatoms. The Morgan fingerprint density at radius 2 is 0.600 bits per heavy atom. The van der Waals surface area contributed by atoms with Crippen LogP contribution in [0, 0.1) is 29.9 Å². The van der Waals surface area contributed by atoms with E-state index in [0.29, 0.717) is 0 Å². The van der Waals surface area contributed by atoms with Crippen LogP contribution < -0.4 is 9.41 Å². The van der Waals surface area contributed by atoms with Crippen LogP contribution in [-0.2, 0) is 0 Å². The van der Waals surface area contributed by atoms with Gasteiger partial charge in [-0.1, -0.05) is 0 Å². The van der Waals surface area contributed by atoms with Crippen LogP contribution in [0.25, 0.3) is 0 Å². The van der Waals surface area contributed by atoms with Crippen LogP contribution >= 0.6 is 0 Å². The van der Waals surface area contributed by atoms with Crippen molar-refractivity contribution in [2.24, 2.45) is 0 Å². The Bertz CT molecular complexity index is 7.61. The SMILES string of the molecule is O.O.[F-].[F-].[Np]. The fourth-order valence-electron chi connectivity index (χ4n) is 0. The van der Waals surface area contributed by atoms with Crippen LogP contribution in [0.3, 0.4) is 0 Å². The summed E-state index contributed by atoms with van der Waals surface area (Å²) in [5.41, 5.74) is 0. The summed E-state index contributed by atoms with van der Waals surface area (Å²) in [5.74, 6) is 0. The molecule has 0 bridgehead atoms. The van der Waals surface area contributed by atoms with E-state index in [9.17, 15) is 0 Å². The zero-order chi connectivity index (χ0) is 0. The molecule has 0 aliphatic heterocycles. The van der Waals surface area contributed by atoms with Gasteiger partial charge in [-0.05, 0) is 0 Å². The molecule has 0 aromatic carbocycles. The fourth-order valence-corrected chi connectivity index (χ4v) is 0. The molecule has 0 unspecified atom stereocenters. The predicted molar refractivity (Wildman–Crippen MR) is 7.23 cm³/mol. The molecule has 0 saturated heterocycles. The smallest absolute Gasteiger partial charge is 0 e. The maximum atomic E-state index is 0. The largest absolute Gasteiger partial charge is 1.00 e. The first-order chi connectivity index (χ1) is 0. The van der Waals surface area contributed by atoms with E-state index in [1.165, 1.54) is 0 Å². The third-order valence-corrected chi connectivity index (χ3v) is 0. The minimum Gasteiger partial charge on any atom is -1.00 e. The molecule has 0 aliphatic rings. The molecule has 0 spiro atoms. The quantitative estimate of drug-likeness (QED) is 0.427. The minimum absolute atomic E-state index is 0. The van der Waals surface area contributed by atoms with Gasteiger partial charge in [-0.25, -0.2) is 0 Å². The van der Waals surface area contributed by atoms with Crippen molar-refractivity contribution < 1.29 is 50.3 Å². The average molecular weight is 311 g/mol. The van der Waals surface area contributed by atoms with Crippen LogP contribution in [0.5, 0.6) is 0 Å². The van der Waals surface area contributed by atoms with Crippen molar-refractivity contribution in [2.75, 3.05) is 0 Å². The molecule has 0 fully saturated rings. The zero-order valence-electron chi connectivity index (χ0n) is 2.20. The average Bonchev–Trinajstić information content (AvgIpc) is 0. The van der Waals surface area contributed by atoms with E-state index in [2.05, 4.69) is 0 Å². The molecule has 5 heavy (non-hydrogen) atoms. The standard InChI is InChI=1S/2FH.Np.2H2O/h2*1H;;2*1H2/p-2. The molecular formula is H4F2NpO2-2. The summed E-state index contributed by atoms with van der Waals surface area (Å²) in [6.45, 7) is 0. The van der Waals surface area contributed by atoms with Crippen LogP contribution in [0.1, 0.15) is 0 Å². The second kappa shape index (κ2) is 110. The molecule has 37 valence electrons. The third-order valence-electron chi connectivity index (χ3n) is 0. The third kappa shape index (κ3) is 59.5. The van der Waals surface area contributed by atoms with E-state index in [0.717, 1.165) is 0 Å². The van der Waals surface area contributed by atoms with Crippen LogP contribution in [0.4, 0.5) is 0 Å². The fraction of sp³-hybridized carbons (Fsp3) is 0. The monoisotopic (exact) mass is 310 g/mol. The van der Waals surface area contributed by atoms with Gasteiger partial charge in [0.15, 0.2) is 0 Å². The van der Waals surface area contributed by atoms with Gasteiger partial charge in [-0.15, -0.1) is 0 Å². The Hall–Kier alpha value is 0.793. The first-order valence-corrected chi connectivity index (χ1v) is 0. The van der Waals surface area contributed by atoms with Crippen LogP contribution in [0.2, 0.25) is 0 Å². The van der Waals surface area contributed by atoms with E-state index in [1.807, 2.05) is 0 Å². The Labute approximate surface area is 50.6 Å². The Balaban J connectivity index is 0. The van der Waals surface area contributed by atoms with Gasteiger partial charge in [0.25, 0.3) is 0 Å². The summed E-state index contributed by atoms with van der Waals surface area (Å²) < 4.78 is 0. The van der Waals surface area contributed by atoms with Crippen molar-refractivity contribution in [3.63, 3.8) is 0 Å². The predicted octanol–water partition coefficient (Wildman–Crippen LogP) is -7.64. The summed E-state index contributed by atoms with van der Waals surface area (Å²) in [4.78, 5) is 0. The first-order valence-electron chi connectivity index (χ1n) is 0. The molecular weight excluding hydrogens is 307 g/mol. The van der Waals surface area contributed by atoms with Crippen LogP contribution in [-0.4, -0.2) is 11.0 Å². The van der Waals surface area contributed by atoms with Gasteiger partial charge in [0.2, 0.25) is 0 Å². The van der Waals surface area contributed by atoms with Crippen molar-refractivity contribution >= 4 is 0 Å². The molecule has 0 atom stereocenters. The molecule has 4 N–H and O–H groups in total. The summed E-state index contributed by atoms with van der Waals surface area (Å²) >= 11 is 0. The van der Waals surface area contributed by atoms with E-state index < -0.39 is 0 Å². The van der Waals surface area contributed by atoms with Crippen molar-refractivity contribution in [2.45, 2.75) is 0 Å². The molecule has 2 nitrogen and oxygen atoms in total. The summed E-state index contributed by atoms with van der Waals surface area (Å²) in [6.07, 6.45) is 0. The normalized spacial score (nSPS) is 0. The van der Waals surface area contributed by atoms with Gasteiger partial charge in [0, 0.05) is 29.9 Å². The minimum atomic E-state index is 0. The van der Waals surface area contributed by atoms with Crippen molar-refractivity contribution in [3.8, 4) is 0 Å². The van der Waals surface area contributed by atoms with E-state index in [1.54, 1.807) is 0 Å². The summed E-state index contributed by atoms with van der Waals surface area (Å²) in [7, 11) is 0. The second-order valence-electron chi connectivity index (χ2n) is 0. The van der Waals surface area contributed by atoms with E-state index in [-0.39, 0.29) is 50.3 Å². The molecule has 0 saturated carbocycles.